The van der Waals surface area contributed by atoms with Crippen LogP contribution < -0.4 is 4.74 Å². The number of carbonyl (C=O) groups is 3. The molecule has 6 nitrogen and oxygen atoms in total. The molecule has 0 N–H and O–H groups in total. The molecule has 0 bridgehead atoms. The summed E-state index contributed by atoms with van der Waals surface area (Å²) in [6.45, 7) is 2.00. The van der Waals surface area contributed by atoms with Crippen molar-refractivity contribution in [1.82, 2.24) is 4.90 Å². The van der Waals surface area contributed by atoms with Crippen LogP contribution in [0.4, 0.5) is 0 Å². The van der Waals surface area contributed by atoms with E-state index in [1.54, 1.807) is 31.4 Å². The van der Waals surface area contributed by atoms with Crippen molar-refractivity contribution in [3.05, 3.63) is 34.9 Å². The molecule has 2 heterocycles. The number of amides is 1. The van der Waals surface area contributed by atoms with Crippen molar-refractivity contribution in [3.63, 3.8) is 0 Å². The predicted molar refractivity (Wildman–Crippen MR) is 97.8 cm³/mol. The summed E-state index contributed by atoms with van der Waals surface area (Å²) in [4.78, 5) is 38.4. The molecule has 2 atom stereocenters. The lowest BCUT2D eigenvalue weighted by Crippen LogP contribution is -2.43. The molecule has 0 aliphatic carbocycles. The third-order valence-corrected chi connectivity index (χ3v) is 5.36. The topological polar surface area (TPSA) is 80.8 Å². The van der Waals surface area contributed by atoms with Crippen molar-refractivity contribution in [1.29, 1.82) is 0 Å². The average Bonchev–Trinajstić information content (AvgIpc) is 2.98. The minimum absolute atomic E-state index is 0.356. The van der Waals surface area contributed by atoms with Gasteiger partial charge in [-0.2, -0.15) is 0 Å². The standard InChI is InChI=1S/C17H19NO5S2/c1-11-10-14(20)16(17(21)18(11)2)13(19)6-4-12-5-7-15(24-12)23-8-9-25(3)22/h4-7,10,16H,8-9H2,1-3H3/b6-4+. The van der Waals surface area contributed by atoms with Crippen LogP contribution >= 0.6 is 11.3 Å². The first-order valence-electron chi connectivity index (χ1n) is 7.54. The molecule has 0 fully saturated rings. The summed E-state index contributed by atoms with van der Waals surface area (Å²) >= 11 is 1.32. The van der Waals surface area contributed by atoms with Crippen molar-refractivity contribution < 1.29 is 23.3 Å². The van der Waals surface area contributed by atoms with E-state index in [-0.39, 0.29) is 0 Å². The molecule has 25 heavy (non-hydrogen) atoms. The van der Waals surface area contributed by atoms with Gasteiger partial charge < -0.3 is 9.64 Å². The van der Waals surface area contributed by atoms with E-state index in [1.165, 1.54) is 35.4 Å². The van der Waals surface area contributed by atoms with Crippen LogP contribution in [0.5, 0.6) is 5.06 Å². The summed E-state index contributed by atoms with van der Waals surface area (Å²) in [5.74, 6) is -2.39. The van der Waals surface area contributed by atoms with Gasteiger partial charge in [0.15, 0.2) is 22.5 Å². The SMILES string of the molecule is CC1=CC(=O)C(C(=O)/C=C/c2ccc(OCCS(C)=O)s2)C(=O)N1C. The molecule has 8 heteroatoms. The fourth-order valence-corrected chi connectivity index (χ4v) is 3.26. The van der Waals surface area contributed by atoms with Crippen LogP contribution in [0.15, 0.2) is 30.0 Å². The largest absolute Gasteiger partial charge is 0.483 e. The number of carbonyl (C=O) groups excluding carboxylic acids is 3. The third-order valence-electron chi connectivity index (χ3n) is 3.66. The zero-order chi connectivity index (χ0) is 18.6. The van der Waals surface area contributed by atoms with Gasteiger partial charge in [-0.05, 0) is 31.2 Å². The van der Waals surface area contributed by atoms with Crippen LogP contribution in [0.1, 0.15) is 11.8 Å². The Labute approximate surface area is 152 Å². The molecule has 1 amide bonds. The Morgan fingerprint density at radius 3 is 2.80 bits per heavy atom. The molecule has 0 spiro atoms. The second-order valence-electron chi connectivity index (χ2n) is 5.54. The van der Waals surface area contributed by atoms with Crippen LogP contribution in [0.2, 0.25) is 0 Å². The Morgan fingerprint density at radius 2 is 2.12 bits per heavy atom. The molecule has 1 aromatic heterocycles. The highest BCUT2D eigenvalue weighted by molar-refractivity contribution is 7.84. The van der Waals surface area contributed by atoms with Gasteiger partial charge in [0.2, 0.25) is 5.91 Å². The van der Waals surface area contributed by atoms with E-state index in [0.717, 1.165) is 4.88 Å². The molecule has 134 valence electrons. The zero-order valence-electron chi connectivity index (χ0n) is 14.2. The molecule has 1 aliphatic heterocycles. The van der Waals surface area contributed by atoms with E-state index in [9.17, 15) is 18.6 Å². The number of ether oxygens (including phenoxy) is 1. The van der Waals surface area contributed by atoms with Gasteiger partial charge in [-0.1, -0.05) is 11.3 Å². The molecule has 0 saturated heterocycles. The molecule has 2 unspecified atom stereocenters. The number of ketones is 2. The predicted octanol–water partition coefficient (Wildman–Crippen LogP) is 1.65. The quantitative estimate of drug-likeness (QED) is 0.530. The maximum atomic E-state index is 12.3. The Kier molecular flexibility index (Phi) is 6.44. The molecule has 1 aliphatic rings. The number of rotatable bonds is 7. The van der Waals surface area contributed by atoms with Crippen molar-refractivity contribution in [3.8, 4) is 5.06 Å². The summed E-state index contributed by atoms with van der Waals surface area (Å²) in [6, 6.07) is 3.53. The lowest BCUT2D eigenvalue weighted by molar-refractivity contribution is -0.142. The first-order valence-corrected chi connectivity index (χ1v) is 10.1. The summed E-state index contributed by atoms with van der Waals surface area (Å²) in [6.07, 6.45) is 5.73. The number of nitrogens with zero attached hydrogens (tertiary/aromatic N) is 1. The lowest BCUT2D eigenvalue weighted by Gasteiger charge is -2.25. The summed E-state index contributed by atoms with van der Waals surface area (Å²) in [5.41, 5.74) is 0.524. The Hall–Kier alpha value is -2.06. The second kappa shape index (κ2) is 8.35. The van der Waals surface area contributed by atoms with Gasteiger partial charge in [0.1, 0.15) is 6.61 Å². The highest BCUT2D eigenvalue weighted by Crippen LogP contribution is 2.26. The molecule has 1 aromatic rings. The molecule has 0 saturated carbocycles. The van der Waals surface area contributed by atoms with Gasteiger partial charge in [-0.3, -0.25) is 18.6 Å². The van der Waals surface area contributed by atoms with E-state index in [0.29, 0.717) is 23.1 Å². The lowest BCUT2D eigenvalue weighted by atomic mass is 9.93. The van der Waals surface area contributed by atoms with Crippen LogP contribution in [0.3, 0.4) is 0 Å². The summed E-state index contributed by atoms with van der Waals surface area (Å²) < 4.78 is 16.5. The van der Waals surface area contributed by atoms with Gasteiger partial charge in [0.05, 0.1) is 5.75 Å². The van der Waals surface area contributed by atoms with Crippen LogP contribution in [0, 0.1) is 5.92 Å². The molecule has 2 rings (SSSR count). The van der Waals surface area contributed by atoms with Crippen LogP contribution in [-0.2, 0) is 25.2 Å². The van der Waals surface area contributed by atoms with Gasteiger partial charge in [0, 0.05) is 40.8 Å². The second-order valence-corrected chi connectivity index (χ2v) is 8.17. The molecule has 0 aromatic carbocycles. The first kappa shape index (κ1) is 19.3. The number of hydrogen-bond donors (Lipinski definition) is 0. The summed E-state index contributed by atoms with van der Waals surface area (Å²) in [5, 5.41) is 0.653. The fourth-order valence-electron chi connectivity index (χ4n) is 2.16. The molecular weight excluding hydrogens is 362 g/mol. The molecular formula is C17H19NO5S2. The smallest absolute Gasteiger partial charge is 0.245 e. The van der Waals surface area contributed by atoms with Gasteiger partial charge in [0.25, 0.3) is 0 Å². The van der Waals surface area contributed by atoms with Crippen LogP contribution in [0.25, 0.3) is 6.08 Å². The maximum Gasteiger partial charge on any atom is 0.245 e. The zero-order valence-corrected chi connectivity index (χ0v) is 15.8. The number of allylic oxidation sites excluding steroid dienone is 3. The van der Waals surface area contributed by atoms with Crippen molar-refractivity contribution in [2.24, 2.45) is 5.92 Å². The monoisotopic (exact) mass is 381 g/mol. The maximum absolute atomic E-state index is 12.3. The van der Waals surface area contributed by atoms with Gasteiger partial charge in [-0.15, -0.1) is 0 Å². The Morgan fingerprint density at radius 1 is 1.40 bits per heavy atom. The summed E-state index contributed by atoms with van der Waals surface area (Å²) in [7, 11) is 0.630. The first-order chi connectivity index (χ1) is 11.8. The van der Waals surface area contributed by atoms with E-state index >= 15 is 0 Å². The average molecular weight is 381 g/mol. The van der Waals surface area contributed by atoms with Crippen LogP contribution in [-0.4, -0.2) is 52.2 Å². The minimum Gasteiger partial charge on any atom is -0.483 e. The van der Waals surface area contributed by atoms with E-state index in [4.69, 9.17) is 4.74 Å². The minimum atomic E-state index is -1.31. The third kappa shape index (κ3) is 4.96. The highest BCUT2D eigenvalue weighted by atomic mass is 32.2. The van der Waals surface area contributed by atoms with E-state index in [2.05, 4.69) is 0 Å². The van der Waals surface area contributed by atoms with Gasteiger partial charge in [-0.25, -0.2) is 0 Å². The van der Waals surface area contributed by atoms with Crippen molar-refractivity contribution in [2.75, 3.05) is 25.7 Å². The Balaban J connectivity index is 2.01. The molecule has 0 radical (unpaired) electrons. The van der Waals surface area contributed by atoms with Gasteiger partial charge >= 0.3 is 0 Å². The van der Waals surface area contributed by atoms with E-state index in [1.807, 2.05) is 0 Å². The number of hydrogen-bond acceptors (Lipinski definition) is 6. The Bertz CT molecular complexity index is 778. The van der Waals surface area contributed by atoms with Crippen molar-refractivity contribution >= 4 is 45.7 Å². The number of thiophene rings is 1. The fraction of sp³-hybridized carbons (Fsp3) is 0.353. The normalized spacial score (nSPS) is 19.2. The highest BCUT2D eigenvalue weighted by Gasteiger charge is 2.37. The van der Waals surface area contributed by atoms with Crippen molar-refractivity contribution in [2.45, 2.75) is 6.92 Å². The van der Waals surface area contributed by atoms with E-state index < -0.39 is 34.2 Å².